The molecule has 1 N–H and O–H groups in total. The standard InChI is InChI=1S/C14H23N3/c1-4-14(3)11-17(9-5-8-16-14)13-7-6-12(2)15-10-13/h6-7,10,16H,4-5,8-9,11H2,1-3H3. The average Bonchev–Trinajstić information content (AvgIpc) is 2.53. The van der Waals surface area contributed by atoms with Crippen molar-refractivity contribution in [2.45, 2.75) is 39.2 Å². The predicted molar refractivity (Wildman–Crippen MR) is 72.5 cm³/mol. The Morgan fingerprint density at radius 1 is 1.47 bits per heavy atom. The first-order valence-electron chi connectivity index (χ1n) is 6.55. The fourth-order valence-electron chi connectivity index (χ4n) is 2.32. The summed E-state index contributed by atoms with van der Waals surface area (Å²) in [5.74, 6) is 0. The third-order valence-corrected chi connectivity index (χ3v) is 3.74. The summed E-state index contributed by atoms with van der Waals surface area (Å²) >= 11 is 0. The van der Waals surface area contributed by atoms with Gasteiger partial charge in [-0.05, 0) is 45.4 Å². The minimum absolute atomic E-state index is 0.224. The lowest BCUT2D eigenvalue weighted by Crippen LogP contribution is -2.48. The summed E-state index contributed by atoms with van der Waals surface area (Å²) in [5, 5.41) is 3.66. The van der Waals surface area contributed by atoms with Crippen molar-refractivity contribution in [1.29, 1.82) is 0 Å². The molecule has 2 heterocycles. The van der Waals surface area contributed by atoms with Crippen LogP contribution in [0.1, 0.15) is 32.4 Å². The molecule has 0 aromatic carbocycles. The molecule has 1 unspecified atom stereocenters. The molecular weight excluding hydrogens is 210 g/mol. The normalized spacial score (nSPS) is 25.7. The molecule has 17 heavy (non-hydrogen) atoms. The molecule has 1 aliphatic heterocycles. The third-order valence-electron chi connectivity index (χ3n) is 3.74. The molecule has 1 fully saturated rings. The third kappa shape index (κ3) is 2.97. The molecule has 94 valence electrons. The van der Waals surface area contributed by atoms with Gasteiger partial charge in [-0.2, -0.15) is 0 Å². The highest BCUT2D eigenvalue weighted by Gasteiger charge is 2.27. The second kappa shape index (κ2) is 5.05. The maximum Gasteiger partial charge on any atom is 0.0553 e. The van der Waals surface area contributed by atoms with Gasteiger partial charge in [0.2, 0.25) is 0 Å². The number of aryl methyl sites for hydroxylation is 1. The van der Waals surface area contributed by atoms with Crippen molar-refractivity contribution in [3.05, 3.63) is 24.0 Å². The maximum absolute atomic E-state index is 4.40. The van der Waals surface area contributed by atoms with Gasteiger partial charge in [-0.1, -0.05) is 6.92 Å². The van der Waals surface area contributed by atoms with Gasteiger partial charge in [0.05, 0.1) is 11.9 Å². The summed E-state index contributed by atoms with van der Waals surface area (Å²) in [7, 11) is 0. The number of pyridine rings is 1. The fourth-order valence-corrected chi connectivity index (χ4v) is 2.32. The number of rotatable bonds is 2. The molecule has 2 rings (SSSR count). The van der Waals surface area contributed by atoms with Crippen LogP contribution in [0.4, 0.5) is 5.69 Å². The Labute approximate surface area is 104 Å². The minimum Gasteiger partial charge on any atom is -0.368 e. The summed E-state index contributed by atoms with van der Waals surface area (Å²) in [4.78, 5) is 6.85. The Bertz CT molecular complexity index is 360. The van der Waals surface area contributed by atoms with E-state index in [0.717, 1.165) is 31.7 Å². The topological polar surface area (TPSA) is 28.2 Å². The molecule has 0 bridgehead atoms. The van der Waals surface area contributed by atoms with Crippen molar-refractivity contribution in [2.24, 2.45) is 0 Å². The van der Waals surface area contributed by atoms with Gasteiger partial charge in [0, 0.05) is 24.3 Å². The van der Waals surface area contributed by atoms with Crippen LogP contribution < -0.4 is 10.2 Å². The van der Waals surface area contributed by atoms with E-state index < -0.39 is 0 Å². The van der Waals surface area contributed by atoms with E-state index in [4.69, 9.17) is 0 Å². The van der Waals surface area contributed by atoms with E-state index in [1.165, 1.54) is 12.1 Å². The monoisotopic (exact) mass is 233 g/mol. The number of nitrogens with one attached hydrogen (secondary N) is 1. The van der Waals surface area contributed by atoms with Crippen LogP contribution in [0.15, 0.2) is 18.3 Å². The summed E-state index contributed by atoms with van der Waals surface area (Å²) in [6.45, 7) is 9.89. The van der Waals surface area contributed by atoms with Crippen LogP contribution >= 0.6 is 0 Å². The highest BCUT2D eigenvalue weighted by molar-refractivity contribution is 5.45. The van der Waals surface area contributed by atoms with Gasteiger partial charge in [0.25, 0.3) is 0 Å². The molecule has 0 amide bonds. The summed E-state index contributed by atoms with van der Waals surface area (Å²) in [5.41, 5.74) is 2.56. The van der Waals surface area contributed by atoms with Crippen LogP contribution in [0.5, 0.6) is 0 Å². The van der Waals surface area contributed by atoms with E-state index in [1.54, 1.807) is 0 Å². The second-order valence-electron chi connectivity index (χ2n) is 5.27. The molecule has 1 aliphatic rings. The summed E-state index contributed by atoms with van der Waals surface area (Å²) < 4.78 is 0. The van der Waals surface area contributed by atoms with Gasteiger partial charge >= 0.3 is 0 Å². The van der Waals surface area contributed by atoms with Crippen LogP contribution in [0, 0.1) is 6.92 Å². The van der Waals surface area contributed by atoms with Crippen molar-refractivity contribution in [3.8, 4) is 0 Å². The lowest BCUT2D eigenvalue weighted by atomic mass is 9.98. The first kappa shape index (κ1) is 12.4. The van der Waals surface area contributed by atoms with Gasteiger partial charge < -0.3 is 10.2 Å². The van der Waals surface area contributed by atoms with Gasteiger partial charge in [0.15, 0.2) is 0 Å². The second-order valence-corrected chi connectivity index (χ2v) is 5.27. The van der Waals surface area contributed by atoms with E-state index >= 15 is 0 Å². The molecule has 3 heteroatoms. The molecule has 0 spiro atoms. The largest absolute Gasteiger partial charge is 0.368 e. The van der Waals surface area contributed by atoms with Crippen LogP contribution in [0.25, 0.3) is 0 Å². The molecule has 3 nitrogen and oxygen atoms in total. The Morgan fingerprint density at radius 3 is 2.94 bits per heavy atom. The lowest BCUT2D eigenvalue weighted by Gasteiger charge is -2.33. The molecule has 1 saturated heterocycles. The highest BCUT2D eigenvalue weighted by atomic mass is 15.2. The van der Waals surface area contributed by atoms with Gasteiger partial charge in [-0.3, -0.25) is 4.98 Å². The van der Waals surface area contributed by atoms with Crippen molar-refractivity contribution < 1.29 is 0 Å². The molecule has 0 radical (unpaired) electrons. The number of nitrogens with zero attached hydrogens (tertiary/aromatic N) is 2. The van der Waals surface area contributed by atoms with E-state index in [2.05, 4.69) is 41.2 Å². The molecule has 0 aliphatic carbocycles. The van der Waals surface area contributed by atoms with Gasteiger partial charge in [-0.15, -0.1) is 0 Å². The smallest absolute Gasteiger partial charge is 0.0553 e. The van der Waals surface area contributed by atoms with Gasteiger partial charge in [0.1, 0.15) is 0 Å². The Morgan fingerprint density at radius 2 is 2.29 bits per heavy atom. The van der Waals surface area contributed by atoms with Crippen LogP contribution in [-0.4, -0.2) is 30.2 Å². The Kier molecular flexibility index (Phi) is 3.67. The first-order chi connectivity index (χ1) is 8.13. The Hall–Kier alpha value is -1.09. The SMILES string of the molecule is CCC1(C)CN(c2ccc(C)nc2)CCCN1. The van der Waals surface area contributed by atoms with E-state index in [1.807, 2.05) is 13.1 Å². The number of aromatic nitrogens is 1. The van der Waals surface area contributed by atoms with E-state index in [-0.39, 0.29) is 5.54 Å². The van der Waals surface area contributed by atoms with E-state index in [9.17, 15) is 0 Å². The Balaban J connectivity index is 2.16. The maximum atomic E-state index is 4.40. The quantitative estimate of drug-likeness (QED) is 0.850. The molecule has 0 saturated carbocycles. The molecular formula is C14H23N3. The van der Waals surface area contributed by atoms with E-state index in [0.29, 0.717) is 0 Å². The molecule has 1 atom stereocenters. The van der Waals surface area contributed by atoms with Crippen molar-refractivity contribution >= 4 is 5.69 Å². The number of anilines is 1. The van der Waals surface area contributed by atoms with Crippen molar-refractivity contribution in [1.82, 2.24) is 10.3 Å². The zero-order valence-electron chi connectivity index (χ0n) is 11.2. The van der Waals surface area contributed by atoms with Crippen LogP contribution in [-0.2, 0) is 0 Å². The minimum atomic E-state index is 0.224. The van der Waals surface area contributed by atoms with Crippen molar-refractivity contribution in [2.75, 3.05) is 24.5 Å². The van der Waals surface area contributed by atoms with Crippen LogP contribution in [0.3, 0.4) is 0 Å². The summed E-state index contributed by atoms with van der Waals surface area (Å²) in [6, 6.07) is 4.28. The fraction of sp³-hybridized carbons (Fsp3) is 0.643. The lowest BCUT2D eigenvalue weighted by molar-refractivity contribution is 0.366. The van der Waals surface area contributed by atoms with Crippen LogP contribution in [0.2, 0.25) is 0 Å². The van der Waals surface area contributed by atoms with Crippen molar-refractivity contribution in [3.63, 3.8) is 0 Å². The molecule has 1 aromatic rings. The summed E-state index contributed by atoms with van der Waals surface area (Å²) in [6.07, 6.45) is 4.35. The number of hydrogen-bond acceptors (Lipinski definition) is 3. The zero-order chi connectivity index (χ0) is 12.3. The predicted octanol–water partition coefficient (Wildman–Crippen LogP) is 2.36. The highest BCUT2D eigenvalue weighted by Crippen LogP contribution is 2.21. The molecule has 1 aromatic heterocycles. The first-order valence-corrected chi connectivity index (χ1v) is 6.55. The zero-order valence-corrected chi connectivity index (χ0v) is 11.2. The number of hydrogen-bond donors (Lipinski definition) is 1. The van der Waals surface area contributed by atoms with Gasteiger partial charge in [-0.25, -0.2) is 0 Å². The average molecular weight is 233 g/mol.